The summed E-state index contributed by atoms with van der Waals surface area (Å²) in [6, 6.07) is 5.77. The SMILES string of the molecule is Cc1ccc([C@]2(C)NC(=O)N(CC(=O)OCC(=O)NC(=O)NC3CC3)C2=O)cc1. The first kappa shape index (κ1) is 20.3. The van der Waals surface area contributed by atoms with E-state index in [1.165, 1.54) is 0 Å². The van der Waals surface area contributed by atoms with Crippen LogP contribution in [0.1, 0.15) is 30.9 Å². The zero-order valence-corrected chi connectivity index (χ0v) is 16.1. The molecule has 1 saturated carbocycles. The third-order valence-electron chi connectivity index (χ3n) is 4.72. The van der Waals surface area contributed by atoms with Gasteiger partial charge in [-0.05, 0) is 32.3 Å². The average molecular weight is 402 g/mol. The number of hydrogen-bond donors (Lipinski definition) is 3. The molecule has 1 aromatic rings. The third-order valence-corrected chi connectivity index (χ3v) is 4.72. The number of carbonyl (C=O) groups is 5. The number of hydrogen-bond acceptors (Lipinski definition) is 6. The maximum atomic E-state index is 12.8. The van der Waals surface area contributed by atoms with Crippen LogP contribution in [0.4, 0.5) is 9.59 Å². The Bertz CT molecular complexity index is 864. The number of benzene rings is 1. The van der Waals surface area contributed by atoms with Crippen LogP contribution in [0.3, 0.4) is 0 Å². The standard InChI is InChI=1S/C19H22N4O6/c1-11-3-5-12(6-4-11)19(2)16(26)23(18(28)22-19)9-15(25)29-10-14(24)21-17(27)20-13-7-8-13/h3-6,13H,7-10H2,1-2H3,(H,22,28)(H2,20,21,24,27)/t19-/m0/s1. The largest absolute Gasteiger partial charge is 0.454 e. The Morgan fingerprint density at radius 3 is 2.48 bits per heavy atom. The lowest BCUT2D eigenvalue weighted by atomic mass is 9.91. The minimum absolute atomic E-state index is 0.0767. The van der Waals surface area contributed by atoms with Gasteiger partial charge in [-0.15, -0.1) is 0 Å². The lowest BCUT2D eigenvalue weighted by Crippen LogP contribution is -2.43. The van der Waals surface area contributed by atoms with Crippen LogP contribution in [0.15, 0.2) is 24.3 Å². The van der Waals surface area contributed by atoms with Crippen LogP contribution in [0.5, 0.6) is 0 Å². The summed E-state index contributed by atoms with van der Waals surface area (Å²) in [5, 5.41) is 7.17. The van der Waals surface area contributed by atoms with Crippen molar-refractivity contribution in [3.8, 4) is 0 Å². The molecule has 1 aliphatic carbocycles. The van der Waals surface area contributed by atoms with Gasteiger partial charge >= 0.3 is 18.0 Å². The number of nitrogens with one attached hydrogen (secondary N) is 3. The van der Waals surface area contributed by atoms with Gasteiger partial charge in [-0.3, -0.25) is 24.6 Å². The van der Waals surface area contributed by atoms with Crippen molar-refractivity contribution in [2.45, 2.75) is 38.3 Å². The number of ether oxygens (including phenoxy) is 1. The summed E-state index contributed by atoms with van der Waals surface area (Å²) in [6.45, 7) is 2.10. The van der Waals surface area contributed by atoms with E-state index >= 15 is 0 Å². The molecule has 3 N–H and O–H groups in total. The summed E-state index contributed by atoms with van der Waals surface area (Å²) in [6.07, 6.45) is 1.73. The fraction of sp³-hybridized carbons (Fsp3) is 0.421. The molecule has 154 valence electrons. The van der Waals surface area contributed by atoms with Gasteiger partial charge in [0.2, 0.25) is 0 Å². The second-order valence-electron chi connectivity index (χ2n) is 7.27. The van der Waals surface area contributed by atoms with E-state index in [0.717, 1.165) is 23.3 Å². The summed E-state index contributed by atoms with van der Waals surface area (Å²) in [5.41, 5.74) is 0.278. The first-order valence-electron chi connectivity index (χ1n) is 9.16. The molecule has 6 amide bonds. The van der Waals surface area contributed by atoms with E-state index in [4.69, 9.17) is 4.74 Å². The van der Waals surface area contributed by atoms with E-state index in [1.54, 1.807) is 19.1 Å². The summed E-state index contributed by atoms with van der Waals surface area (Å²) in [7, 11) is 0. The summed E-state index contributed by atoms with van der Waals surface area (Å²) >= 11 is 0. The van der Waals surface area contributed by atoms with Crippen LogP contribution in [0.2, 0.25) is 0 Å². The van der Waals surface area contributed by atoms with Gasteiger partial charge in [0.1, 0.15) is 12.1 Å². The van der Waals surface area contributed by atoms with E-state index in [9.17, 15) is 24.0 Å². The van der Waals surface area contributed by atoms with Crippen molar-refractivity contribution in [1.29, 1.82) is 0 Å². The molecule has 1 atom stereocenters. The smallest absolute Gasteiger partial charge is 0.326 e. The first-order valence-corrected chi connectivity index (χ1v) is 9.16. The van der Waals surface area contributed by atoms with E-state index in [0.29, 0.717) is 5.56 Å². The van der Waals surface area contributed by atoms with Crippen LogP contribution >= 0.6 is 0 Å². The predicted molar refractivity (Wildman–Crippen MR) is 99.4 cm³/mol. The quantitative estimate of drug-likeness (QED) is 0.463. The molecule has 10 heteroatoms. The number of carbonyl (C=O) groups excluding carboxylic acids is 5. The van der Waals surface area contributed by atoms with Gasteiger partial charge in [0.15, 0.2) is 6.61 Å². The Hall–Kier alpha value is -3.43. The summed E-state index contributed by atoms with van der Waals surface area (Å²) < 4.78 is 4.77. The highest BCUT2D eigenvalue weighted by molar-refractivity contribution is 6.09. The Balaban J connectivity index is 1.52. The molecule has 0 aromatic heterocycles. The van der Waals surface area contributed by atoms with Crippen LogP contribution in [-0.4, -0.2) is 53.9 Å². The first-order chi connectivity index (χ1) is 13.7. The molecular weight excluding hydrogens is 380 g/mol. The highest BCUT2D eigenvalue weighted by Crippen LogP contribution is 2.28. The maximum absolute atomic E-state index is 12.8. The Kier molecular flexibility index (Phi) is 5.53. The van der Waals surface area contributed by atoms with Crippen molar-refractivity contribution in [3.05, 3.63) is 35.4 Å². The van der Waals surface area contributed by atoms with Gasteiger partial charge < -0.3 is 15.4 Å². The van der Waals surface area contributed by atoms with Gasteiger partial charge in [-0.2, -0.15) is 0 Å². The average Bonchev–Trinajstić information content (AvgIpc) is 3.44. The molecule has 2 aliphatic rings. The maximum Gasteiger partial charge on any atom is 0.326 e. The van der Waals surface area contributed by atoms with E-state index < -0.39 is 48.5 Å². The van der Waals surface area contributed by atoms with Crippen molar-refractivity contribution in [2.75, 3.05) is 13.2 Å². The number of esters is 1. The minimum atomic E-state index is -1.30. The predicted octanol–water partition coefficient (Wildman–Crippen LogP) is 0.293. The highest BCUT2D eigenvalue weighted by Gasteiger charge is 2.49. The van der Waals surface area contributed by atoms with Crippen LogP contribution in [-0.2, 0) is 24.7 Å². The molecule has 1 heterocycles. The third kappa shape index (κ3) is 4.71. The number of nitrogens with zero attached hydrogens (tertiary/aromatic N) is 1. The molecule has 0 unspecified atom stereocenters. The van der Waals surface area contributed by atoms with Gasteiger partial charge in [0.05, 0.1) is 0 Å². The molecular formula is C19H22N4O6. The van der Waals surface area contributed by atoms with E-state index in [1.807, 2.05) is 24.4 Å². The molecule has 29 heavy (non-hydrogen) atoms. The Morgan fingerprint density at radius 2 is 1.86 bits per heavy atom. The van der Waals surface area contributed by atoms with Crippen molar-refractivity contribution >= 4 is 29.8 Å². The molecule has 0 radical (unpaired) electrons. The van der Waals surface area contributed by atoms with Crippen LogP contribution in [0.25, 0.3) is 0 Å². The minimum Gasteiger partial charge on any atom is -0.454 e. The van der Waals surface area contributed by atoms with Crippen molar-refractivity contribution < 1.29 is 28.7 Å². The highest BCUT2D eigenvalue weighted by atomic mass is 16.5. The number of aryl methyl sites for hydroxylation is 1. The topological polar surface area (TPSA) is 134 Å². The molecule has 0 spiro atoms. The molecule has 0 bridgehead atoms. The fourth-order valence-electron chi connectivity index (χ4n) is 2.86. The second-order valence-corrected chi connectivity index (χ2v) is 7.27. The molecule has 1 saturated heterocycles. The van der Waals surface area contributed by atoms with Crippen molar-refractivity contribution in [1.82, 2.24) is 20.9 Å². The van der Waals surface area contributed by atoms with Crippen LogP contribution < -0.4 is 16.0 Å². The number of imide groups is 2. The number of rotatable bonds is 6. The zero-order chi connectivity index (χ0) is 21.2. The molecule has 3 rings (SSSR count). The summed E-state index contributed by atoms with van der Waals surface area (Å²) in [5.74, 6) is -2.35. The van der Waals surface area contributed by atoms with E-state index in [-0.39, 0.29) is 6.04 Å². The van der Waals surface area contributed by atoms with E-state index in [2.05, 4.69) is 10.6 Å². The Morgan fingerprint density at radius 1 is 1.21 bits per heavy atom. The van der Waals surface area contributed by atoms with Crippen molar-refractivity contribution in [2.24, 2.45) is 0 Å². The Labute approximate surface area is 166 Å². The van der Waals surface area contributed by atoms with Gasteiger partial charge in [-0.1, -0.05) is 29.8 Å². The lowest BCUT2D eigenvalue weighted by Gasteiger charge is -2.22. The van der Waals surface area contributed by atoms with Gasteiger partial charge in [-0.25, -0.2) is 9.59 Å². The zero-order valence-electron chi connectivity index (χ0n) is 16.1. The lowest BCUT2D eigenvalue weighted by molar-refractivity contribution is -0.150. The number of urea groups is 2. The second kappa shape index (κ2) is 7.90. The number of amides is 6. The van der Waals surface area contributed by atoms with Crippen LogP contribution in [0, 0.1) is 6.92 Å². The van der Waals surface area contributed by atoms with Crippen molar-refractivity contribution in [3.63, 3.8) is 0 Å². The normalized spacial score (nSPS) is 20.8. The van der Waals surface area contributed by atoms with Gasteiger partial charge in [0.25, 0.3) is 11.8 Å². The fourth-order valence-corrected chi connectivity index (χ4v) is 2.86. The monoisotopic (exact) mass is 402 g/mol. The molecule has 1 aliphatic heterocycles. The summed E-state index contributed by atoms with van der Waals surface area (Å²) in [4.78, 5) is 60.8. The molecule has 2 fully saturated rings. The van der Waals surface area contributed by atoms with Gasteiger partial charge in [0, 0.05) is 6.04 Å². The molecule has 10 nitrogen and oxygen atoms in total. The molecule has 1 aromatic carbocycles.